The van der Waals surface area contributed by atoms with Gasteiger partial charge in [0.1, 0.15) is 0 Å². The standard InChI is InChI=1S/C20H22O2/c1-3-17(13-21-2)22-14-20-18-10-6-4-8-15(18)12-16-9-5-7-11-19(16)20/h4-12,17H,3,13-14H2,1-2H3. The normalized spacial score (nSPS) is 12.8. The summed E-state index contributed by atoms with van der Waals surface area (Å²) in [5, 5.41) is 5.07. The lowest BCUT2D eigenvalue weighted by molar-refractivity contribution is -0.0120. The van der Waals surface area contributed by atoms with Crippen LogP contribution in [0.2, 0.25) is 0 Å². The van der Waals surface area contributed by atoms with Crippen LogP contribution in [0.1, 0.15) is 18.9 Å². The number of hydrogen-bond donors (Lipinski definition) is 0. The minimum Gasteiger partial charge on any atom is -0.382 e. The molecule has 3 aromatic rings. The zero-order chi connectivity index (χ0) is 15.4. The molecule has 0 aliphatic rings. The monoisotopic (exact) mass is 294 g/mol. The average molecular weight is 294 g/mol. The van der Waals surface area contributed by atoms with Crippen LogP contribution in [0.3, 0.4) is 0 Å². The molecule has 114 valence electrons. The van der Waals surface area contributed by atoms with E-state index >= 15 is 0 Å². The number of rotatable bonds is 6. The minimum atomic E-state index is 0.141. The van der Waals surface area contributed by atoms with E-state index in [9.17, 15) is 0 Å². The molecule has 2 heteroatoms. The SMILES string of the molecule is CCC(COC)OCc1c2ccccc2cc2ccccc12. The third kappa shape index (κ3) is 2.99. The van der Waals surface area contributed by atoms with Gasteiger partial charge in [0.15, 0.2) is 0 Å². The largest absolute Gasteiger partial charge is 0.382 e. The fourth-order valence-corrected chi connectivity index (χ4v) is 2.93. The molecule has 0 aliphatic heterocycles. The van der Waals surface area contributed by atoms with Crippen LogP contribution < -0.4 is 0 Å². The van der Waals surface area contributed by atoms with E-state index in [1.54, 1.807) is 7.11 Å². The maximum atomic E-state index is 6.11. The summed E-state index contributed by atoms with van der Waals surface area (Å²) in [6.45, 7) is 3.38. The second kappa shape index (κ2) is 6.91. The molecule has 0 bridgehead atoms. The number of benzene rings is 3. The van der Waals surface area contributed by atoms with E-state index in [2.05, 4.69) is 61.5 Å². The third-order valence-electron chi connectivity index (χ3n) is 4.15. The predicted octanol–water partition coefficient (Wildman–Crippen LogP) is 4.93. The van der Waals surface area contributed by atoms with Gasteiger partial charge < -0.3 is 9.47 Å². The Hall–Kier alpha value is -1.90. The molecule has 22 heavy (non-hydrogen) atoms. The van der Waals surface area contributed by atoms with Gasteiger partial charge in [-0.05, 0) is 39.6 Å². The lowest BCUT2D eigenvalue weighted by Crippen LogP contribution is -2.18. The second-order valence-electron chi connectivity index (χ2n) is 5.59. The van der Waals surface area contributed by atoms with Crippen molar-refractivity contribution in [3.8, 4) is 0 Å². The lowest BCUT2D eigenvalue weighted by atomic mass is 9.97. The van der Waals surface area contributed by atoms with Gasteiger partial charge in [-0.15, -0.1) is 0 Å². The number of ether oxygens (including phenoxy) is 2. The smallest absolute Gasteiger partial charge is 0.0810 e. The van der Waals surface area contributed by atoms with Crippen molar-refractivity contribution in [1.82, 2.24) is 0 Å². The van der Waals surface area contributed by atoms with Gasteiger partial charge in [-0.1, -0.05) is 55.5 Å². The van der Waals surface area contributed by atoms with E-state index in [1.165, 1.54) is 27.1 Å². The maximum Gasteiger partial charge on any atom is 0.0810 e. The summed E-state index contributed by atoms with van der Waals surface area (Å²) >= 11 is 0. The van der Waals surface area contributed by atoms with Crippen LogP contribution in [0, 0.1) is 0 Å². The van der Waals surface area contributed by atoms with Crippen LogP contribution in [0.25, 0.3) is 21.5 Å². The molecule has 0 heterocycles. The van der Waals surface area contributed by atoms with E-state index in [1.807, 2.05) is 0 Å². The number of methoxy groups -OCH3 is 1. The predicted molar refractivity (Wildman–Crippen MR) is 92.2 cm³/mol. The van der Waals surface area contributed by atoms with Crippen molar-refractivity contribution in [2.24, 2.45) is 0 Å². The second-order valence-corrected chi connectivity index (χ2v) is 5.59. The molecule has 3 rings (SSSR count). The zero-order valence-electron chi connectivity index (χ0n) is 13.2. The quantitative estimate of drug-likeness (QED) is 0.600. The first kappa shape index (κ1) is 15.0. The summed E-state index contributed by atoms with van der Waals surface area (Å²) in [7, 11) is 1.72. The fourth-order valence-electron chi connectivity index (χ4n) is 2.93. The molecular weight excluding hydrogens is 272 g/mol. The van der Waals surface area contributed by atoms with Gasteiger partial charge in [0.05, 0.1) is 19.3 Å². The van der Waals surface area contributed by atoms with Crippen molar-refractivity contribution >= 4 is 21.5 Å². The van der Waals surface area contributed by atoms with Gasteiger partial charge in [-0.25, -0.2) is 0 Å². The first-order chi connectivity index (χ1) is 10.8. The van der Waals surface area contributed by atoms with Crippen LogP contribution in [0.15, 0.2) is 54.6 Å². The molecule has 0 radical (unpaired) electrons. The molecule has 2 nitrogen and oxygen atoms in total. The number of fused-ring (bicyclic) bond motifs is 2. The van der Waals surface area contributed by atoms with Gasteiger partial charge in [0.25, 0.3) is 0 Å². The van der Waals surface area contributed by atoms with E-state index < -0.39 is 0 Å². The van der Waals surface area contributed by atoms with E-state index in [4.69, 9.17) is 9.47 Å². The summed E-state index contributed by atoms with van der Waals surface area (Å²) in [5.74, 6) is 0. The van der Waals surface area contributed by atoms with E-state index in [-0.39, 0.29) is 6.10 Å². The van der Waals surface area contributed by atoms with Gasteiger partial charge >= 0.3 is 0 Å². The van der Waals surface area contributed by atoms with Crippen molar-refractivity contribution in [2.75, 3.05) is 13.7 Å². The maximum absolute atomic E-state index is 6.11. The molecular formula is C20H22O2. The molecule has 1 atom stereocenters. The highest BCUT2D eigenvalue weighted by molar-refractivity contribution is 6.02. The Morgan fingerprint density at radius 1 is 0.909 bits per heavy atom. The molecule has 0 aliphatic carbocycles. The highest BCUT2D eigenvalue weighted by Crippen LogP contribution is 2.29. The molecule has 0 saturated carbocycles. The van der Waals surface area contributed by atoms with Crippen LogP contribution >= 0.6 is 0 Å². The Bertz CT molecular complexity index is 710. The van der Waals surface area contributed by atoms with Gasteiger partial charge in [0, 0.05) is 7.11 Å². The Morgan fingerprint density at radius 2 is 1.50 bits per heavy atom. The molecule has 0 fully saturated rings. The molecule has 1 unspecified atom stereocenters. The Kier molecular flexibility index (Phi) is 4.71. The topological polar surface area (TPSA) is 18.5 Å². The molecule has 0 aromatic heterocycles. The average Bonchev–Trinajstić information content (AvgIpc) is 2.57. The van der Waals surface area contributed by atoms with Crippen molar-refractivity contribution in [1.29, 1.82) is 0 Å². The van der Waals surface area contributed by atoms with Gasteiger partial charge in [0.2, 0.25) is 0 Å². The summed E-state index contributed by atoms with van der Waals surface area (Å²) in [6.07, 6.45) is 1.10. The highest BCUT2D eigenvalue weighted by atomic mass is 16.5. The molecule has 0 spiro atoms. The Morgan fingerprint density at radius 3 is 2.05 bits per heavy atom. The first-order valence-electron chi connectivity index (χ1n) is 7.83. The van der Waals surface area contributed by atoms with Gasteiger partial charge in [-0.3, -0.25) is 0 Å². The molecule has 0 N–H and O–H groups in total. The first-order valence-corrected chi connectivity index (χ1v) is 7.83. The van der Waals surface area contributed by atoms with E-state index in [0.29, 0.717) is 13.2 Å². The Labute approximate surface area is 131 Å². The summed E-state index contributed by atoms with van der Waals surface area (Å²) in [5.41, 5.74) is 1.27. The van der Waals surface area contributed by atoms with E-state index in [0.717, 1.165) is 6.42 Å². The lowest BCUT2D eigenvalue weighted by Gasteiger charge is -2.17. The Balaban J connectivity index is 2.04. The van der Waals surface area contributed by atoms with Crippen molar-refractivity contribution in [3.63, 3.8) is 0 Å². The summed E-state index contributed by atoms with van der Waals surface area (Å²) < 4.78 is 11.3. The third-order valence-corrected chi connectivity index (χ3v) is 4.15. The van der Waals surface area contributed by atoms with Crippen molar-refractivity contribution < 1.29 is 9.47 Å². The van der Waals surface area contributed by atoms with Crippen LogP contribution in [0.5, 0.6) is 0 Å². The molecule has 3 aromatic carbocycles. The highest BCUT2D eigenvalue weighted by Gasteiger charge is 2.11. The number of hydrogen-bond acceptors (Lipinski definition) is 2. The molecule has 0 saturated heterocycles. The summed E-state index contributed by atoms with van der Waals surface area (Å²) in [6, 6.07) is 19.3. The zero-order valence-corrected chi connectivity index (χ0v) is 13.2. The fraction of sp³-hybridized carbons (Fsp3) is 0.300. The van der Waals surface area contributed by atoms with Crippen LogP contribution in [-0.2, 0) is 16.1 Å². The van der Waals surface area contributed by atoms with Crippen molar-refractivity contribution in [2.45, 2.75) is 26.1 Å². The molecule has 0 amide bonds. The van der Waals surface area contributed by atoms with Crippen molar-refractivity contribution in [3.05, 3.63) is 60.2 Å². The summed E-state index contributed by atoms with van der Waals surface area (Å²) in [4.78, 5) is 0. The van der Waals surface area contributed by atoms with Crippen LogP contribution in [-0.4, -0.2) is 19.8 Å². The minimum absolute atomic E-state index is 0.141. The van der Waals surface area contributed by atoms with Gasteiger partial charge in [-0.2, -0.15) is 0 Å². The van der Waals surface area contributed by atoms with Crippen LogP contribution in [0.4, 0.5) is 0 Å².